The van der Waals surface area contributed by atoms with Crippen molar-refractivity contribution in [1.82, 2.24) is 9.55 Å². The molecule has 0 radical (unpaired) electrons. The number of rotatable bonds is 7. The Bertz CT molecular complexity index is 1380. The first-order valence-electron chi connectivity index (χ1n) is 11.0. The number of hydrogen-bond donors (Lipinski definition) is 2. The normalized spacial score (nSPS) is 14.1. The van der Waals surface area contributed by atoms with Crippen molar-refractivity contribution >= 4 is 16.6 Å². The molecule has 4 aromatic rings. The summed E-state index contributed by atoms with van der Waals surface area (Å²) in [5, 5.41) is 14.0. The lowest BCUT2D eigenvalue weighted by molar-refractivity contribution is -0.260. The van der Waals surface area contributed by atoms with Crippen molar-refractivity contribution in [3.05, 3.63) is 90.1 Å². The molecule has 0 spiro atoms. The third-order valence-corrected chi connectivity index (χ3v) is 6.21. The maximum Gasteiger partial charge on any atom is 0.418 e. The van der Waals surface area contributed by atoms with Gasteiger partial charge in [-0.05, 0) is 65.9 Å². The Hall–Kier alpha value is -3.53. The minimum absolute atomic E-state index is 0.266. The first-order chi connectivity index (χ1) is 16.8. The molecule has 0 bridgehead atoms. The van der Waals surface area contributed by atoms with Gasteiger partial charge in [-0.3, -0.25) is 0 Å². The lowest BCUT2D eigenvalue weighted by Gasteiger charge is -2.38. The minimum atomic E-state index is -5.07. The van der Waals surface area contributed by atoms with Gasteiger partial charge in [0, 0.05) is 17.3 Å². The second-order valence-corrected chi connectivity index (χ2v) is 9.33. The topological polar surface area (TPSA) is 50.1 Å². The highest BCUT2D eigenvalue weighted by Crippen LogP contribution is 2.42. The van der Waals surface area contributed by atoms with Gasteiger partial charge in [0.25, 0.3) is 0 Å². The summed E-state index contributed by atoms with van der Waals surface area (Å²) in [4.78, 5) is 3.62. The van der Waals surface area contributed by atoms with Crippen molar-refractivity contribution < 1.29 is 31.4 Å². The average Bonchev–Trinajstić information content (AvgIpc) is 3.23. The second kappa shape index (κ2) is 9.16. The Balaban J connectivity index is 1.64. The van der Waals surface area contributed by atoms with Crippen molar-refractivity contribution in [2.24, 2.45) is 0 Å². The fourth-order valence-corrected chi connectivity index (χ4v) is 4.40. The Morgan fingerprint density at radius 1 is 0.972 bits per heavy atom. The number of alkyl halides is 3. The highest BCUT2D eigenvalue weighted by molar-refractivity contribution is 5.93. The highest BCUT2D eigenvalue weighted by atomic mass is 19.4. The number of benzene rings is 2. The molecule has 2 heterocycles. The summed E-state index contributed by atoms with van der Waals surface area (Å²) in [6.07, 6.45) is -3.00. The molecule has 190 valence electrons. The summed E-state index contributed by atoms with van der Waals surface area (Å²) in [7, 11) is 0. The SMILES string of the molecule is CC(C)(CC(O)(CNc1cccc2c1ccn2-c1ccc(F)nc1)C(F)(F)F)c1cc(F)ccc1F. The lowest BCUT2D eigenvalue weighted by Crippen LogP contribution is -2.53. The molecule has 1 unspecified atom stereocenters. The van der Waals surface area contributed by atoms with E-state index in [0.717, 1.165) is 18.2 Å². The fourth-order valence-electron chi connectivity index (χ4n) is 4.40. The molecule has 0 aliphatic carbocycles. The Labute approximate surface area is 203 Å². The van der Waals surface area contributed by atoms with Gasteiger partial charge in [-0.25, -0.2) is 13.8 Å². The first kappa shape index (κ1) is 25.6. The van der Waals surface area contributed by atoms with Crippen LogP contribution in [0.3, 0.4) is 0 Å². The smallest absolute Gasteiger partial charge is 0.381 e. The summed E-state index contributed by atoms with van der Waals surface area (Å²) in [6.45, 7) is 1.71. The van der Waals surface area contributed by atoms with Crippen LogP contribution in [0.4, 0.5) is 32.0 Å². The summed E-state index contributed by atoms with van der Waals surface area (Å²) in [5.74, 6) is -2.30. The van der Waals surface area contributed by atoms with Crippen LogP contribution in [0.2, 0.25) is 0 Å². The highest BCUT2D eigenvalue weighted by Gasteiger charge is 2.56. The first-order valence-corrected chi connectivity index (χ1v) is 11.0. The summed E-state index contributed by atoms with van der Waals surface area (Å²) < 4.78 is 85.3. The number of pyridine rings is 1. The molecule has 4 nitrogen and oxygen atoms in total. The standard InChI is InChI=1S/C26H23F6N3O/c1-24(2,19-12-16(27)6-8-20(19)28)14-25(36,26(30,31)32)15-34-21-4-3-5-22-18(21)10-11-35(22)17-7-9-23(29)33-13-17/h3-13,34,36H,14-15H2,1-2H3. The van der Waals surface area contributed by atoms with Crippen LogP contribution in [0, 0.1) is 17.6 Å². The third-order valence-electron chi connectivity index (χ3n) is 6.21. The molecule has 0 amide bonds. The van der Waals surface area contributed by atoms with E-state index in [4.69, 9.17) is 0 Å². The van der Waals surface area contributed by atoms with E-state index in [1.807, 2.05) is 0 Å². The van der Waals surface area contributed by atoms with Crippen LogP contribution in [0.1, 0.15) is 25.8 Å². The second-order valence-electron chi connectivity index (χ2n) is 9.33. The molecule has 10 heteroatoms. The van der Waals surface area contributed by atoms with Crippen molar-refractivity contribution in [2.75, 3.05) is 11.9 Å². The molecule has 0 aliphatic rings. The number of nitrogens with one attached hydrogen (secondary N) is 1. The van der Waals surface area contributed by atoms with Gasteiger partial charge in [-0.15, -0.1) is 0 Å². The largest absolute Gasteiger partial charge is 0.418 e. The number of halogens is 6. The van der Waals surface area contributed by atoms with E-state index in [2.05, 4.69) is 10.3 Å². The molecule has 2 N–H and O–H groups in total. The number of aromatic nitrogens is 2. The molecule has 36 heavy (non-hydrogen) atoms. The average molecular weight is 507 g/mol. The zero-order valence-electron chi connectivity index (χ0n) is 19.4. The number of fused-ring (bicyclic) bond motifs is 1. The Morgan fingerprint density at radius 3 is 2.39 bits per heavy atom. The van der Waals surface area contributed by atoms with Gasteiger partial charge in [0.1, 0.15) is 11.6 Å². The van der Waals surface area contributed by atoms with Gasteiger partial charge < -0.3 is 15.0 Å². The molecule has 0 aliphatic heterocycles. The molecule has 2 aromatic carbocycles. The molecule has 1 atom stereocenters. The number of nitrogens with zero attached hydrogens (tertiary/aromatic N) is 2. The molecule has 0 fully saturated rings. The van der Waals surface area contributed by atoms with Crippen LogP contribution in [-0.2, 0) is 5.41 Å². The van der Waals surface area contributed by atoms with Crippen molar-refractivity contribution in [1.29, 1.82) is 0 Å². The Kier molecular flexibility index (Phi) is 6.51. The Morgan fingerprint density at radius 2 is 1.72 bits per heavy atom. The van der Waals surface area contributed by atoms with Crippen molar-refractivity contribution in [2.45, 2.75) is 37.5 Å². The molecule has 0 saturated heterocycles. The molecule has 4 rings (SSSR count). The number of anilines is 1. The van der Waals surface area contributed by atoms with E-state index in [1.54, 1.807) is 35.0 Å². The van der Waals surface area contributed by atoms with Gasteiger partial charge in [-0.2, -0.15) is 17.6 Å². The summed E-state index contributed by atoms with van der Waals surface area (Å²) in [6, 6.07) is 11.8. The molecular weight excluding hydrogens is 484 g/mol. The van der Waals surface area contributed by atoms with E-state index in [0.29, 0.717) is 22.3 Å². The van der Waals surface area contributed by atoms with Crippen LogP contribution < -0.4 is 5.32 Å². The van der Waals surface area contributed by atoms with Crippen LogP contribution in [0.25, 0.3) is 16.6 Å². The van der Waals surface area contributed by atoms with E-state index in [-0.39, 0.29) is 5.56 Å². The molecule has 2 aromatic heterocycles. The van der Waals surface area contributed by atoms with Crippen LogP contribution >= 0.6 is 0 Å². The van der Waals surface area contributed by atoms with Crippen LogP contribution in [-0.4, -0.2) is 33.0 Å². The summed E-state index contributed by atoms with van der Waals surface area (Å²) in [5.41, 5.74) is -3.60. The van der Waals surface area contributed by atoms with Gasteiger partial charge in [-0.1, -0.05) is 19.9 Å². The van der Waals surface area contributed by atoms with E-state index in [9.17, 15) is 31.4 Å². The lowest BCUT2D eigenvalue weighted by atomic mass is 9.74. The predicted molar refractivity (Wildman–Crippen MR) is 125 cm³/mol. The molecule has 0 saturated carbocycles. The third kappa shape index (κ3) is 4.90. The predicted octanol–water partition coefficient (Wildman–Crippen LogP) is 6.52. The monoisotopic (exact) mass is 507 g/mol. The van der Waals surface area contributed by atoms with E-state index < -0.39 is 47.7 Å². The van der Waals surface area contributed by atoms with Gasteiger partial charge in [0.2, 0.25) is 5.95 Å². The van der Waals surface area contributed by atoms with E-state index in [1.165, 1.54) is 32.2 Å². The van der Waals surface area contributed by atoms with Crippen LogP contribution in [0.15, 0.2) is 67.0 Å². The summed E-state index contributed by atoms with van der Waals surface area (Å²) >= 11 is 0. The maximum atomic E-state index is 14.4. The zero-order valence-corrected chi connectivity index (χ0v) is 19.4. The number of aliphatic hydroxyl groups is 1. The quantitative estimate of drug-likeness (QED) is 0.221. The van der Waals surface area contributed by atoms with Gasteiger partial charge in [0.15, 0.2) is 5.60 Å². The van der Waals surface area contributed by atoms with Crippen molar-refractivity contribution in [3.63, 3.8) is 0 Å². The molecular formula is C26H23F6N3O. The fraction of sp³-hybridized carbons (Fsp3) is 0.269. The van der Waals surface area contributed by atoms with Crippen molar-refractivity contribution in [3.8, 4) is 5.69 Å². The van der Waals surface area contributed by atoms with Gasteiger partial charge in [0.05, 0.1) is 23.9 Å². The van der Waals surface area contributed by atoms with E-state index >= 15 is 0 Å². The maximum absolute atomic E-state index is 14.4. The minimum Gasteiger partial charge on any atom is -0.381 e. The van der Waals surface area contributed by atoms with Gasteiger partial charge >= 0.3 is 6.18 Å². The zero-order chi connectivity index (χ0) is 26.3. The number of hydrogen-bond acceptors (Lipinski definition) is 3. The van der Waals surface area contributed by atoms with Crippen LogP contribution in [0.5, 0.6) is 0 Å².